The number of benzene rings is 1. The van der Waals surface area contributed by atoms with Crippen molar-refractivity contribution in [2.45, 2.75) is 6.92 Å². The number of carbonyl (C=O) groups excluding carboxylic acids is 1. The minimum absolute atomic E-state index is 0.0571. The summed E-state index contributed by atoms with van der Waals surface area (Å²) in [4.78, 5) is 19.8. The fourth-order valence-corrected chi connectivity index (χ4v) is 1.90. The maximum atomic E-state index is 11.9. The summed E-state index contributed by atoms with van der Waals surface area (Å²) in [6.07, 6.45) is 1.49. The topological polar surface area (TPSA) is 75.1 Å². The second-order valence-electron chi connectivity index (χ2n) is 3.73. The molecule has 5 nitrogen and oxygen atoms in total. The summed E-state index contributed by atoms with van der Waals surface area (Å²) < 4.78 is 0. The van der Waals surface area contributed by atoms with Crippen molar-refractivity contribution in [1.29, 1.82) is 0 Å². The Morgan fingerprint density at radius 1 is 1.32 bits per heavy atom. The molecule has 1 amide bonds. The molecule has 2 N–H and O–H groups in total. The molecule has 19 heavy (non-hydrogen) atoms. The summed E-state index contributed by atoms with van der Waals surface area (Å²) in [6, 6.07) is 4.29. The molecule has 0 fully saturated rings. The van der Waals surface area contributed by atoms with Gasteiger partial charge in [-0.2, -0.15) is 0 Å². The molecule has 0 saturated carbocycles. The van der Waals surface area contributed by atoms with Gasteiger partial charge in [0.25, 0.3) is 5.91 Å². The van der Waals surface area contributed by atoms with Gasteiger partial charge in [0, 0.05) is 11.9 Å². The standard InChI is InChI=1S/C12H9Cl2N3O2/c1-6-15-3-2-10(16-6)12(19)17-7-4-8(13)11(18)9(14)5-7/h2-5,18H,1H3,(H,17,19). The van der Waals surface area contributed by atoms with Crippen LogP contribution in [0.3, 0.4) is 0 Å². The van der Waals surface area contributed by atoms with Gasteiger partial charge in [0.15, 0.2) is 5.75 Å². The van der Waals surface area contributed by atoms with Crippen molar-refractivity contribution in [3.63, 3.8) is 0 Å². The number of nitrogens with one attached hydrogen (secondary N) is 1. The first-order valence-corrected chi connectivity index (χ1v) is 6.02. The van der Waals surface area contributed by atoms with Crippen LogP contribution < -0.4 is 5.32 Å². The molecule has 0 aliphatic carbocycles. The van der Waals surface area contributed by atoms with Crippen LogP contribution in [0.25, 0.3) is 0 Å². The molecule has 1 aromatic heterocycles. The average Bonchev–Trinajstić information content (AvgIpc) is 2.36. The van der Waals surface area contributed by atoms with Gasteiger partial charge in [0.2, 0.25) is 0 Å². The van der Waals surface area contributed by atoms with Crippen molar-refractivity contribution >= 4 is 34.8 Å². The summed E-state index contributed by atoms with van der Waals surface area (Å²) >= 11 is 11.5. The van der Waals surface area contributed by atoms with E-state index in [9.17, 15) is 9.90 Å². The number of halogens is 2. The van der Waals surface area contributed by atoms with Crippen LogP contribution in [0.4, 0.5) is 5.69 Å². The molecule has 0 aliphatic heterocycles. The van der Waals surface area contributed by atoms with Gasteiger partial charge in [0.05, 0.1) is 10.0 Å². The Balaban J connectivity index is 2.24. The lowest BCUT2D eigenvalue weighted by molar-refractivity contribution is 0.102. The maximum Gasteiger partial charge on any atom is 0.274 e. The van der Waals surface area contributed by atoms with Crippen LogP contribution in [0.5, 0.6) is 5.75 Å². The molecule has 0 saturated heterocycles. The summed E-state index contributed by atoms with van der Waals surface area (Å²) in [6.45, 7) is 1.69. The highest BCUT2D eigenvalue weighted by molar-refractivity contribution is 6.37. The number of phenols is 1. The number of amides is 1. The molecule has 0 aliphatic rings. The Labute approximate surface area is 119 Å². The Morgan fingerprint density at radius 3 is 2.53 bits per heavy atom. The van der Waals surface area contributed by atoms with E-state index in [0.29, 0.717) is 11.5 Å². The first-order chi connectivity index (χ1) is 8.97. The second kappa shape index (κ2) is 5.42. The SMILES string of the molecule is Cc1nccc(C(=O)Nc2cc(Cl)c(O)c(Cl)c2)n1. The smallest absolute Gasteiger partial charge is 0.274 e. The number of phenolic OH excluding ortho intramolecular Hbond substituents is 1. The number of anilines is 1. The number of aromatic hydroxyl groups is 1. The van der Waals surface area contributed by atoms with Crippen molar-refractivity contribution in [3.05, 3.63) is 46.0 Å². The van der Waals surface area contributed by atoms with Crippen LogP contribution in [0.1, 0.15) is 16.3 Å². The van der Waals surface area contributed by atoms with Crippen molar-refractivity contribution in [2.75, 3.05) is 5.32 Å². The number of aryl methyl sites for hydroxylation is 1. The number of hydrogen-bond donors (Lipinski definition) is 2. The molecule has 0 spiro atoms. The molecular weight excluding hydrogens is 289 g/mol. The average molecular weight is 298 g/mol. The third-order valence-corrected chi connectivity index (χ3v) is 2.86. The van der Waals surface area contributed by atoms with Crippen molar-refractivity contribution in [2.24, 2.45) is 0 Å². The molecule has 0 bridgehead atoms. The van der Waals surface area contributed by atoms with E-state index >= 15 is 0 Å². The molecule has 1 aromatic carbocycles. The van der Waals surface area contributed by atoms with Crippen molar-refractivity contribution in [3.8, 4) is 5.75 Å². The normalized spacial score (nSPS) is 10.3. The lowest BCUT2D eigenvalue weighted by Gasteiger charge is -2.07. The van der Waals surface area contributed by atoms with Crippen LogP contribution in [-0.4, -0.2) is 21.0 Å². The molecule has 7 heteroatoms. The van der Waals surface area contributed by atoms with E-state index in [4.69, 9.17) is 23.2 Å². The lowest BCUT2D eigenvalue weighted by Crippen LogP contribution is -2.14. The van der Waals surface area contributed by atoms with Crippen LogP contribution >= 0.6 is 23.2 Å². The quantitative estimate of drug-likeness (QED) is 0.836. The molecule has 98 valence electrons. The summed E-state index contributed by atoms with van der Waals surface area (Å²) in [5, 5.41) is 12.1. The molecule has 2 rings (SSSR count). The Bertz CT molecular complexity index is 624. The zero-order chi connectivity index (χ0) is 14.0. The van der Waals surface area contributed by atoms with E-state index in [2.05, 4.69) is 15.3 Å². The monoisotopic (exact) mass is 297 g/mol. The predicted molar refractivity (Wildman–Crippen MR) is 72.8 cm³/mol. The number of rotatable bonds is 2. The minimum Gasteiger partial charge on any atom is -0.505 e. The molecule has 0 radical (unpaired) electrons. The van der Waals surface area contributed by atoms with E-state index in [0.717, 1.165) is 0 Å². The zero-order valence-electron chi connectivity index (χ0n) is 9.82. The number of nitrogens with zero attached hydrogens (tertiary/aromatic N) is 2. The first-order valence-electron chi connectivity index (χ1n) is 5.26. The van der Waals surface area contributed by atoms with Gasteiger partial charge >= 0.3 is 0 Å². The fraction of sp³-hybridized carbons (Fsp3) is 0.0833. The highest BCUT2D eigenvalue weighted by Crippen LogP contribution is 2.34. The van der Waals surface area contributed by atoms with Gasteiger partial charge in [-0.3, -0.25) is 4.79 Å². The zero-order valence-corrected chi connectivity index (χ0v) is 11.3. The van der Waals surface area contributed by atoms with Crippen LogP contribution in [0.2, 0.25) is 10.0 Å². The second-order valence-corrected chi connectivity index (χ2v) is 4.55. The highest BCUT2D eigenvalue weighted by atomic mass is 35.5. The van der Waals surface area contributed by atoms with Gasteiger partial charge in [-0.1, -0.05) is 23.2 Å². The Morgan fingerprint density at radius 2 is 1.95 bits per heavy atom. The summed E-state index contributed by atoms with van der Waals surface area (Å²) in [5.74, 6) is -0.142. The van der Waals surface area contributed by atoms with E-state index in [1.807, 2.05) is 0 Å². The molecule has 0 atom stereocenters. The number of hydrogen-bond acceptors (Lipinski definition) is 4. The fourth-order valence-electron chi connectivity index (χ4n) is 1.42. The Hall–Kier alpha value is -1.85. The molecule has 0 unspecified atom stereocenters. The van der Waals surface area contributed by atoms with Crippen LogP contribution in [0.15, 0.2) is 24.4 Å². The highest BCUT2D eigenvalue weighted by Gasteiger charge is 2.11. The largest absolute Gasteiger partial charge is 0.505 e. The van der Waals surface area contributed by atoms with E-state index in [1.54, 1.807) is 6.92 Å². The van der Waals surface area contributed by atoms with Crippen molar-refractivity contribution in [1.82, 2.24) is 9.97 Å². The molecular formula is C12H9Cl2N3O2. The predicted octanol–water partition coefficient (Wildman–Crippen LogP) is 3.05. The van der Waals surface area contributed by atoms with Gasteiger partial charge in [-0.05, 0) is 25.1 Å². The van der Waals surface area contributed by atoms with E-state index in [-0.39, 0.29) is 21.5 Å². The van der Waals surface area contributed by atoms with E-state index < -0.39 is 5.91 Å². The minimum atomic E-state index is -0.414. The summed E-state index contributed by atoms with van der Waals surface area (Å²) in [5.41, 5.74) is 0.599. The lowest BCUT2D eigenvalue weighted by atomic mass is 10.3. The van der Waals surface area contributed by atoms with Crippen LogP contribution in [-0.2, 0) is 0 Å². The van der Waals surface area contributed by atoms with Gasteiger partial charge in [-0.15, -0.1) is 0 Å². The Kier molecular flexibility index (Phi) is 3.87. The number of aromatic nitrogens is 2. The van der Waals surface area contributed by atoms with E-state index in [1.165, 1.54) is 24.4 Å². The third kappa shape index (κ3) is 3.13. The molecule has 1 heterocycles. The maximum absolute atomic E-state index is 11.9. The van der Waals surface area contributed by atoms with Gasteiger partial charge in [-0.25, -0.2) is 9.97 Å². The molecule has 2 aromatic rings. The van der Waals surface area contributed by atoms with Crippen molar-refractivity contribution < 1.29 is 9.90 Å². The van der Waals surface area contributed by atoms with Gasteiger partial charge in [0.1, 0.15) is 11.5 Å². The van der Waals surface area contributed by atoms with Crippen LogP contribution in [0, 0.1) is 6.92 Å². The third-order valence-electron chi connectivity index (χ3n) is 2.28. The summed E-state index contributed by atoms with van der Waals surface area (Å²) in [7, 11) is 0. The first kappa shape index (κ1) is 13.6. The van der Waals surface area contributed by atoms with Gasteiger partial charge < -0.3 is 10.4 Å². The number of carbonyl (C=O) groups is 1.